The number of nitrogens with one attached hydrogen (secondary N) is 1. The zero-order valence-electron chi connectivity index (χ0n) is 30.8. The summed E-state index contributed by atoms with van der Waals surface area (Å²) in [5.41, 5.74) is -1.75. The van der Waals surface area contributed by atoms with Crippen LogP contribution in [0, 0.1) is 0 Å². The highest BCUT2D eigenvalue weighted by Gasteiger charge is 2.37. The van der Waals surface area contributed by atoms with Crippen molar-refractivity contribution in [2.75, 3.05) is 13.2 Å². The van der Waals surface area contributed by atoms with Gasteiger partial charge in [0.2, 0.25) is 0 Å². The molecule has 3 rings (SSSR count). The topological polar surface area (TPSA) is 133 Å². The number of unbranched alkanes of at least 4 members (excludes halogenated alkanes) is 7. The second kappa shape index (κ2) is 22.0. The fourth-order valence-corrected chi connectivity index (χ4v) is 5.18. The van der Waals surface area contributed by atoms with Crippen molar-refractivity contribution in [2.24, 2.45) is 5.16 Å². The molecule has 13 heteroatoms. The Morgan fingerprint density at radius 2 is 1.31 bits per heavy atom. The Kier molecular flexibility index (Phi) is 17.6. The van der Waals surface area contributed by atoms with Crippen molar-refractivity contribution < 1.29 is 51.7 Å². The van der Waals surface area contributed by atoms with Crippen molar-refractivity contribution in [3.63, 3.8) is 0 Å². The Morgan fingerprint density at radius 1 is 0.759 bits per heavy atom. The lowest BCUT2D eigenvalue weighted by Crippen LogP contribution is -2.49. The van der Waals surface area contributed by atoms with Crippen LogP contribution in [-0.2, 0) is 14.2 Å². The summed E-state index contributed by atoms with van der Waals surface area (Å²) in [7, 11) is 0. The third-order valence-electron chi connectivity index (χ3n) is 7.86. The van der Waals surface area contributed by atoms with E-state index >= 15 is 0 Å². The summed E-state index contributed by atoms with van der Waals surface area (Å²) in [6.07, 6.45) is 4.35. The molecule has 0 saturated heterocycles. The first kappa shape index (κ1) is 43.1. The first-order valence-electron chi connectivity index (χ1n) is 17.9. The fraction of sp³-hybridized carbons (Fsp3) is 0.415. The van der Waals surface area contributed by atoms with Crippen molar-refractivity contribution in [3.8, 4) is 5.75 Å². The van der Waals surface area contributed by atoms with Crippen molar-refractivity contribution in [1.82, 2.24) is 5.32 Å². The number of esters is 2. The van der Waals surface area contributed by atoms with Gasteiger partial charge in [0.05, 0.1) is 17.7 Å². The molecule has 3 aromatic rings. The van der Waals surface area contributed by atoms with Gasteiger partial charge >= 0.3 is 24.2 Å². The van der Waals surface area contributed by atoms with E-state index in [1.807, 2.05) is 6.08 Å². The molecule has 0 heterocycles. The minimum Gasteiger partial charge on any atom is -0.494 e. The van der Waals surface area contributed by atoms with E-state index in [0.29, 0.717) is 29.9 Å². The third-order valence-corrected chi connectivity index (χ3v) is 7.86. The number of allylic oxidation sites excluding steroid dienone is 1. The number of alkyl halides is 3. The molecular formula is C41H49F3N2O8. The molecule has 0 fully saturated rings. The number of hydrogen-bond acceptors (Lipinski definition) is 9. The number of carbonyl (C=O) groups is 3. The molecular weight excluding hydrogens is 705 g/mol. The van der Waals surface area contributed by atoms with Crippen LogP contribution in [0.25, 0.3) is 0 Å². The molecule has 292 valence electrons. The van der Waals surface area contributed by atoms with Gasteiger partial charge in [-0.3, -0.25) is 0 Å². The first-order valence-corrected chi connectivity index (χ1v) is 17.9. The Bertz CT molecular complexity index is 1640. The van der Waals surface area contributed by atoms with Crippen LogP contribution in [-0.4, -0.2) is 66.1 Å². The summed E-state index contributed by atoms with van der Waals surface area (Å²) < 4.78 is 61.2. The number of amides is 1. The summed E-state index contributed by atoms with van der Waals surface area (Å²) in [6.45, 7) is 5.31. The monoisotopic (exact) mass is 754 g/mol. The molecule has 0 aliphatic rings. The Labute approximate surface area is 314 Å². The summed E-state index contributed by atoms with van der Waals surface area (Å²) in [5, 5.41) is 13.8. The molecule has 10 nitrogen and oxygen atoms in total. The molecule has 0 bridgehead atoms. The number of oxime groups is 1. The molecule has 2 atom stereocenters. The van der Waals surface area contributed by atoms with Gasteiger partial charge in [-0.25, -0.2) is 14.4 Å². The summed E-state index contributed by atoms with van der Waals surface area (Å²) >= 11 is 0. The van der Waals surface area contributed by atoms with Crippen molar-refractivity contribution >= 4 is 23.7 Å². The Hall–Kier alpha value is -5.33. The first-order chi connectivity index (χ1) is 25.8. The van der Waals surface area contributed by atoms with Crippen LogP contribution in [0.5, 0.6) is 5.75 Å². The molecule has 0 saturated carbocycles. The molecule has 2 N–H and O–H groups in total. The van der Waals surface area contributed by atoms with Gasteiger partial charge in [-0.15, -0.1) is 0 Å². The average Bonchev–Trinajstić information content (AvgIpc) is 3.13. The Morgan fingerprint density at radius 3 is 1.87 bits per heavy atom. The maximum atomic E-state index is 13.1. The zero-order chi connectivity index (χ0) is 39.4. The molecule has 0 aliphatic carbocycles. The lowest BCUT2D eigenvalue weighted by atomic mass is 10.1. The number of ether oxygens (including phenoxy) is 4. The van der Waals surface area contributed by atoms with Crippen LogP contribution in [0.15, 0.2) is 102 Å². The van der Waals surface area contributed by atoms with Gasteiger partial charge in [-0.05, 0) is 94.6 Å². The number of alkyl carbamates (subject to hydrolysis) is 1. The van der Waals surface area contributed by atoms with Crippen LogP contribution < -0.4 is 10.1 Å². The van der Waals surface area contributed by atoms with Crippen molar-refractivity contribution in [3.05, 3.63) is 114 Å². The molecule has 3 aromatic carbocycles. The smallest absolute Gasteiger partial charge is 0.437 e. The number of hydrogen-bond donors (Lipinski definition) is 2. The normalized spacial score (nSPS) is 13.2. The SMILES string of the molecule is CC(C)(C)OC(=O)N[C@@H](COC(=O)c1ccccc1)[C@@H](/C=C/CCCCCCCCCOc1ccc(/C(=N\O)C(F)(F)F)cc1)OC(=O)c1ccccc1. The van der Waals surface area contributed by atoms with E-state index in [4.69, 9.17) is 24.2 Å². The molecule has 54 heavy (non-hydrogen) atoms. The number of rotatable bonds is 20. The lowest BCUT2D eigenvalue weighted by Gasteiger charge is -2.27. The van der Waals surface area contributed by atoms with Crippen LogP contribution in [0.2, 0.25) is 0 Å². The molecule has 1 amide bonds. The quantitative estimate of drug-likeness (QED) is 0.0222. The van der Waals surface area contributed by atoms with Crippen molar-refractivity contribution in [1.29, 1.82) is 0 Å². The highest BCUT2D eigenvalue weighted by Crippen LogP contribution is 2.24. The lowest BCUT2D eigenvalue weighted by molar-refractivity contribution is -0.0601. The van der Waals surface area contributed by atoms with Crippen molar-refractivity contribution in [2.45, 2.75) is 96.1 Å². The van der Waals surface area contributed by atoms with Gasteiger partial charge in [0.25, 0.3) is 0 Å². The van der Waals surface area contributed by atoms with Gasteiger partial charge in [-0.2, -0.15) is 13.2 Å². The minimum absolute atomic E-state index is 0.250. The molecule has 0 unspecified atom stereocenters. The fourth-order valence-electron chi connectivity index (χ4n) is 5.18. The second-order valence-corrected chi connectivity index (χ2v) is 13.5. The highest BCUT2D eigenvalue weighted by atomic mass is 19.4. The van der Waals surface area contributed by atoms with Crippen LogP contribution >= 0.6 is 0 Å². The largest absolute Gasteiger partial charge is 0.494 e. The van der Waals surface area contributed by atoms with Crippen LogP contribution in [0.1, 0.15) is 98.4 Å². The van der Waals surface area contributed by atoms with E-state index < -0.39 is 47.7 Å². The van der Waals surface area contributed by atoms with E-state index in [9.17, 15) is 27.6 Å². The third kappa shape index (κ3) is 16.1. The summed E-state index contributed by atoms with van der Waals surface area (Å²) in [4.78, 5) is 38.7. The molecule has 0 aromatic heterocycles. The maximum absolute atomic E-state index is 13.1. The number of nitrogens with zero attached hydrogens (tertiary/aromatic N) is 1. The molecule has 0 aliphatic heterocycles. The average molecular weight is 755 g/mol. The number of halogens is 3. The van der Waals surface area contributed by atoms with E-state index in [2.05, 4.69) is 10.5 Å². The van der Waals surface area contributed by atoms with Gasteiger partial charge in [0.1, 0.15) is 30.1 Å². The van der Waals surface area contributed by atoms with Gasteiger partial charge in [0.15, 0.2) is 5.71 Å². The van der Waals surface area contributed by atoms with Gasteiger partial charge in [-0.1, -0.05) is 79.7 Å². The number of carbonyl (C=O) groups excluding carboxylic acids is 3. The summed E-state index contributed by atoms with van der Waals surface area (Å²) in [6, 6.07) is 21.1. The molecule has 0 radical (unpaired) electrons. The summed E-state index contributed by atoms with van der Waals surface area (Å²) in [5.74, 6) is -0.766. The maximum Gasteiger partial charge on any atom is 0.437 e. The second-order valence-electron chi connectivity index (χ2n) is 13.5. The predicted octanol–water partition coefficient (Wildman–Crippen LogP) is 9.46. The zero-order valence-corrected chi connectivity index (χ0v) is 30.8. The van der Waals surface area contributed by atoms with E-state index in [1.54, 1.807) is 87.5 Å². The van der Waals surface area contributed by atoms with E-state index in [1.165, 1.54) is 24.3 Å². The predicted molar refractivity (Wildman–Crippen MR) is 198 cm³/mol. The van der Waals surface area contributed by atoms with Crippen LogP contribution in [0.3, 0.4) is 0 Å². The number of benzene rings is 3. The van der Waals surface area contributed by atoms with Gasteiger partial charge in [0, 0.05) is 5.56 Å². The molecule has 0 spiro atoms. The standard InChI is InChI=1S/C41H49F3N2O8/c1-40(2,3)54-39(49)45-34(29-52-37(47)31-19-13-11-14-20-31)35(53-38(48)32-21-15-12-16-22-32)23-17-9-7-5-4-6-8-10-18-28-51-33-26-24-30(25-27-33)36(46-50)41(42,43)44/h11-17,19-27,34-35,50H,4-10,18,28-29H2,1-3H3,(H,45,49)/b23-17+,46-36+/t34-,35+/m0/s1. The van der Waals surface area contributed by atoms with E-state index in [0.717, 1.165) is 44.9 Å². The Balaban J connectivity index is 1.49. The van der Waals surface area contributed by atoms with Crippen LogP contribution in [0.4, 0.5) is 18.0 Å². The highest BCUT2D eigenvalue weighted by molar-refractivity contribution is 6.04. The van der Waals surface area contributed by atoms with Gasteiger partial charge < -0.3 is 29.5 Å². The minimum atomic E-state index is -4.76. The van der Waals surface area contributed by atoms with E-state index in [-0.39, 0.29) is 12.2 Å².